The van der Waals surface area contributed by atoms with Gasteiger partial charge in [0.25, 0.3) is 0 Å². The van der Waals surface area contributed by atoms with Gasteiger partial charge < -0.3 is 8.98 Å². The summed E-state index contributed by atoms with van der Waals surface area (Å²) in [4.78, 5) is 16.0. The second-order valence-corrected chi connectivity index (χ2v) is 15.0. The number of benzene rings is 5. The topological polar surface area (TPSA) is 80.5 Å². The predicted molar refractivity (Wildman–Crippen MR) is 197 cm³/mol. The quantitative estimate of drug-likeness (QED) is 0.190. The minimum Gasteiger partial charge on any atom is -0.456 e. The molecule has 0 saturated heterocycles. The molecule has 3 aromatic heterocycles. The molecule has 6 nitrogen and oxygen atoms in total. The van der Waals surface area contributed by atoms with Crippen LogP contribution in [-0.4, -0.2) is 19.5 Å². The van der Waals surface area contributed by atoms with E-state index in [1.165, 1.54) is 19.3 Å². The van der Waals surface area contributed by atoms with Crippen molar-refractivity contribution in [2.45, 2.75) is 43.9 Å². The lowest BCUT2D eigenvalue weighted by Crippen LogP contribution is -2.49. The van der Waals surface area contributed by atoms with Gasteiger partial charge in [-0.25, -0.2) is 15.0 Å². The van der Waals surface area contributed by atoms with Crippen molar-refractivity contribution < 1.29 is 4.42 Å². The number of hydrogen-bond donors (Lipinski definition) is 0. The Balaban J connectivity index is 1.23. The molecule has 4 bridgehead atoms. The van der Waals surface area contributed by atoms with Crippen molar-refractivity contribution in [2.75, 3.05) is 0 Å². The summed E-state index contributed by atoms with van der Waals surface area (Å²) in [7, 11) is 0. The molecule has 8 aromatic rings. The number of para-hydroxylation sites is 2. The summed E-state index contributed by atoms with van der Waals surface area (Å²) in [5.74, 6) is 4.50. The summed E-state index contributed by atoms with van der Waals surface area (Å²) in [5, 5.41) is 14.7. The van der Waals surface area contributed by atoms with E-state index in [0.29, 0.717) is 17.2 Å². The molecule has 0 N–H and O–H groups in total. The van der Waals surface area contributed by atoms with Crippen LogP contribution in [0, 0.1) is 29.1 Å². The number of rotatable bonds is 4. The van der Waals surface area contributed by atoms with Crippen LogP contribution in [0.25, 0.3) is 72.2 Å². The lowest BCUT2D eigenvalue weighted by Gasteiger charge is -2.56. The minimum atomic E-state index is -0.0301. The number of fused-ring (bicyclic) bond motifs is 7. The van der Waals surface area contributed by atoms with Gasteiger partial charge in [-0.05, 0) is 98.7 Å². The highest BCUT2D eigenvalue weighted by atomic mass is 16.3. The Morgan fingerprint density at radius 2 is 1.36 bits per heavy atom. The summed E-state index contributed by atoms with van der Waals surface area (Å²) in [6.07, 6.45) is 7.51. The van der Waals surface area contributed by atoms with Gasteiger partial charge in [0.2, 0.25) is 0 Å². The molecule has 3 heterocycles. The number of hydrogen-bond acceptors (Lipinski definition) is 5. The molecule has 12 rings (SSSR count). The smallest absolute Gasteiger partial charge is 0.165 e. The van der Waals surface area contributed by atoms with Gasteiger partial charge in [0.15, 0.2) is 11.6 Å². The van der Waals surface area contributed by atoms with Gasteiger partial charge in [-0.1, -0.05) is 66.7 Å². The first kappa shape index (κ1) is 28.1. The van der Waals surface area contributed by atoms with Gasteiger partial charge in [-0.3, -0.25) is 0 Å². The number of nitriles is 1. The fourth-order valence-corrected chi connectivity index (χ4v) is 10.3. The van der Waals surface area contributed by atoms with Crippen LogP contribution in [-0.2, 0) is 5.41 Å². The van der Waals surface area contributed by atoms with E-state index in [1.807, 2.05) is 42.5 Å². The highest BCUT2D eigenvalue weighted by Crippen LogP contribution is 2.60. The molecule has 4 aliphatic rings. The van der Waals surface area contributed by atoms with E-state index in [0.717, 1.165) is 103 Å². The summed E-state index contributed by atoms with van der Waals surface area (Å²) in [6.45, 7) is 0. The molecule has 4 fully saturated rings. The van der Waals surface area contributed by atoms with E-state index in [4.69, 9.17) is 19.4 Å². The molecule has 0 atom stereocenters. The Morgan fingerprint density at radius 3 is 2.14 bits per heavy atom. The molecule has 50 heavy (non-hydrogen) atoms. The van der Waals surface area contributed by atoms with Crippen molar-refractivity contribution in [3.05, 3.63) is 121 Å². The maximum atomic E-state index is 10.2. The van der Waals surface area contributed by atoms with E-state index < -0.39 is 0 Å². The first-order valence-corrected chi connectivity index (χ1v) is 17.8. The summed E-state index contributed by atoms with van der Waals surface area (Å²) < 4.78 is 8.74. The summed E-state index contributed by atoms with van der Waals surface area (Å²) in [6, 6.07) is 39.7. The van der Waals surface area contributed by atoms with E-state index in [1.54, 1.807) is 0 Å². The molecular weight excluding hydrogens is 615 g/mol. The Labute approximate surface area is 289 Å². The maximum absolute atomic E-state index is 10.2. The lowest BCUT2D eigenvalue weighted by atomic mass is 9.49. The Kier molecular flexibility index (Phi) is 5.81. The lowest BCUT2D eigenvalue weighted by molar-refractivity contribution is -0.00938. The van der Waals surface area contributed by atoms with Crippen LogP contribution in [0.4, 0.5) is 0 Å². The highest BCUT2D eigenvalue weighted by Gasteiger charge is 2.53. The first-order chi connectivity index (χ1) is 24.6. The Bertz CT molecular complexity index is 2680. The number of furan rings is 1. The molecule has 4 saturated carbocycles. The maximum Gasteiger partial charge on any atom is 0.165 e. The van der Waals surface area contributed by atoms with Crippen LogP contribution in [0.2, 0.25) is 0 Å². The predicted octanol–water partition coefficient (Wildman–Crippen LogP) is 10.5. The Hall–Kier alpha value is -5.80. The first-order valence-electron chi connectivity index (χ1n) is 17.8. The van der Waals surface area contributed by atoms with Crippen LogP contribution in [0.5, 0.6) is 0 Å². The van der Waals surface area contributed by atoms with Crippen molar-refractivity contribution >= 4 is 43.7 Å². The minimum absolute atomic E-state index is 0.0301. The molecule has 6 heteroatoms. The van der Waals surface area contributed by atoms with Gasteiger partial charge in [0.05, 0.1) is 33.7 Å². The SMILES string of the molecule is N#Cc1ccc(-n2c3ccccc3c3ccc4oc5ccccc5c4c32)c(-c2nc(-c3ccccc3)nc(C34CC5CC(CC(C5)C3)C4)n2)c1. The largest absolute Gasteiger partial charge is 0.456 e. The van der Waals surface area contributed by atoms with Gasteiger partial charge in [0, 0.05) is 32.7 Å². The molecule has 0 radical (unpaired) electrons. The zero-order valence-corrected chi connectivity index (χ0v) is 27.5. The second kappa shape index (κ2) is 10.4. The van der Waals surface area contributed by atoms with Crippen LogP contribution < -0.4 is 0 Å². The van der Waals surface area contributed by atoms with Crippen LogP contribution in [0.3, 0.4) is 0 Å². The van der Waals surface area contributed by atoms with Crippen LogP contribution in [0.1, 0.15) is 49.9 Å². The average molecular weight is 648 g/mol. The molecule has 0 aliphatic heterocycles. The summed E-state index contributed by atoms with van der Waals surface area (Å²) in [5.41, 5.74) is 7.10. The molecule has 5 aromatic carbocycles. The van der Waals surface area contributed by atoms with Crippen molar-refractivity contribution in [1.29, 1.82) is 5.26 Å². The standard InChI is InChI=1S/C44H33N5O/c45-25-26-14-16-36(49-35-12-6-4-10-31(35)32-15-17-38-39(40(32)49)33-11-5-7-13-37(33)50-38)34(21-26)42-46-41(30-8-2-1-3-9-30)47-43(48-42)44-22-27-18-28(23-44)20-29(19-27)24-44/h1-17,21,27-29H,18-20,22-24H2. The number of nitrogens with zero attached hydrogens (tertiary/aromatic N) is 5. The third kappa shape index (κ3) is 4.04. The van der Waals surface area contributed by atoms with Gasteiger partial charge >= 0.3 is 0 Å². The molecule has 0 amide bonds. The second-order valence-electron chi connectivity index (χ2n) is 15.0. The normalized spacial score (nSPS) is 22.6. The molecule has 0 spiro atoms. The van der Waals surface area contributed by atoms with Crippen molar-refractivity contribution in [1.82, 2.24) is 19.5 Å². The molecule has 0 unspecified atom stereocenters. The summed E-state index contributed by atoms with van der Waals surface area (Å²) >= 11 is 0. The monoisotopic (exact) mass is 647 g/mol. The third-order valence-electron chi connectivity index (χ3n) is 12.0. The molecular formula is C44H33N5O. The van der Waals surface area contributed by atoms with Crippen molar-refractivity contribution in [2.24, 2.45) is 17.8 Å². The van der Waals surface area contributed by atoms with E-state index in [2.05, 4.69) is 77.4 Å². The zero-order chi connectivity index (χ0) is 33.0. The van der Waals surface area contributed by atoms with Gasteiger partial charge in [-0.15, -0.1) is 0 Å². The zero-order valence-electron chi connectivity index (χ0n) is 27.5. The molecule has 4 aliphatic carbocycles. The van der Waals surface area contributed by atoms with Crippen LogP contribution in [0.15, 0.2) is 114 Å². The number of aromatic nitrogens is 4. The van der Waals surface area contributed by atoms with E-state index in [-0.39, 0.29) is 5.41 Å². The van der Waals surface area contributed by atoms with Gasteiger partial charge in [0.1, 0.15) is 17.0 Å². The van der Waals surface area contributed by atoms with Crippen molar-refractivity contribution in [3.8, 4) is 34.5 Å². The molecule has 240 valence electrons. The van der Waals surface area contributed by atoms with Crippen molar-refractivity contribution in [3.63, 3.8) is 0 Å². The fourth-order valence-electron chi connectivity index (χ4n) is 10.3. The highest BCUT2D eigenvalue weighted by molar-refractivity contribution is 6.24. The third-order valence-corrected chi connectivity index (χ3v) is 12.0. The average Bonchev–Trinajstić information content (AvgIpc) is 3.70. The Morgan fingerprint density at radius 1 is 0.660 bits per heavy atom. The van der Waals surface area contributed by atoms with E-state index in [9.17, 15) is 5.26 Å². The fraction of sp³-hybridized carbons (Fsp3) is 0.227. The van der Waals surface area contributed by atoms with E-state index >= 15 is 0 Å². The van der Waals surface area contributed by atoms with Gasteiger partial charge in [-0.2, -0.15) is 5.26 Å². The van der Waals surface area contributed by atoms with Crippen LogP contribution >= 0.6 is 0 Å².